The van der Waals surface area contributed by atoms with E-state index in [1.54, 1.807) is 0 Å². The Morgan fingerprint density at radius 1 is 1.14 bits per heavy atom. The van der Waals surface area contributed by atoms with Crippen LogP contribution in [0.25, 0.3) is 0 Å². The average Bonchev–Trinajstić information content (AvgIpc) is 3.31. The highest BCUT2D eigenvalue weighted by Gasteiger charge is 2.76. The summed E-state index contributed by atoms with van der Waals surface area (Å²) in [6.07, 6.45) is 1.19. The van der Waals surface area contributed by atoms with E-state index in [4.69, 9.17) is 9.47 Å². The first-order valence-corrected chi connectivity index (χ1v) is 10.1. The third kappa shape index (κ3) is 2.36. The van der Waals surface area contributed by atoms with Crippen molar-refractivity contribution in [1.29, 1.82) is 0 Å². The maximum absolute atomic E-state index is 13.3. The molecular weight excluding hydrogens is 360 g/mol. The predicted octanol–water partition coefficient (Wildman–Crippen LogP) is 2.58. The number of ketones is 3. The Labute approximate surface area is 165 Å². The van der Waals surface area contributed by atoms with Gasteiger partial charge in [-0.15, -0.1) is 0 Å². The van der Waals surface area contributed by atoms with Gasteiger partial charge >= 0.3 is 5.97 Å². The van der Waals surface area contributed by atoms with E-state index >= 15 is 0 Å². The summed E-state index contributed by atoms with van der Waals surface area (Å²) in [6, 6.07) is 0. The van der Waals surface area contributed by atoms with Crippen molar-refractivity contribution in [2.75, 3.05) is 0 Å². The van der Waals surface area contributed by atoms with Crippen LogP contribution in [0.4, 0.5) is 0 Å². The van der Waals surface area contributed by atoms with Crippen LogP contribution in [-0.2, 0) is 28.7 Å². The number of fused-ring (bicyclic) bond motifs is 1. The number of ether oxygens (including phenoxy) is 2. The van der Waals surface area contributed by atoms with Crippen LogP contribution >= 0.6 is 0 Å². The zero-order chi connectivity index (χ0) is 20.6. The molecule has 3 aliphatic carbocycles. The monoisotopic (exact) mass is 388 g/mol. The van der Waals surface area contributed by atoms with Gasteiger partial charge in [-0.3, -0.25) is 19.2 Å². The zero-order valence-corrected chi connectivity index (χ0v) is 17.0. The molecule has 0 amide bonds. The first kappa shape index (κ1) is 19.5. The maximum atomic E-state index is 13.3. The van der Waals surface area contributed by atoms with Crippen molar-refractivity contribution in [1.82, 2.24) is 0 Å². The van der Waals surface area contributed by atoms with Crippen molar-refractivity contribution >= 4 is 23.3 Å². The van der Waals surface area contributed by atoms with Crippen LogP contribution in [-0.4, -0.2) is 41.1 Å². The van der Waals surface area contributed by atoms with Crippen molar-refractivity contribution in [3.63, 3.8) is 0 Å². The Balaban J connectivity index is 1.75. The highest BCUT2D eigenvalue weighted by Crippen LogP contribution is 2.60. The van der Waals surface area contributed by atoms with E-state index in [9.17, 15) is 19.2 Å². The summed E-state index contributed by atoms with van der Waals surface area (Å²) in [5.41, 5.74) is -2.24. The lowest BCUT2D eigenvalue weighted by molar-refractivity contribution is -0.172. The molecule has 1 saturated heterocycles. The van der Waals surface area contributed by atoms with Crippen LogP contribution in [0.5, 0.6) is 0 Å². The Kier molecular flexibility index (Phi) is 4.07. The minimum absolute atomic E-state index is 0.0647. The van der Waals surface area contributed by atoms with Crippen LogP contribution in [0.15, 0.2) is 12.2 Å². The van der Waals surface area contributed by atoms with E-state index in [-0.39, 0.29) is 47.7 Å². The molecule has 1 aliphatic heterocycles. The number of hydrogen-bond donors (Lipinski definition) is 0. The van der Waals surface area contributed by atoms with E-state index in [1.807, 2.05) is 20.8 Å². The molecule has 0 aromatic heterocycles. The molecule has 6 nitrogen and oxygen atoms in total. The van der Waals surface area contributed by atoms with Gasteiger partial charge < -0.3 is 9.47 Å². The summed E-state index contributed by atoms with van der Waals surface area (Å²) >= 11 is 0. The number of esters is 1. The molecule has 3 saturated carbocycles. The second-order valence-electron chi connectivity index (χ2n) is 9.75. The van der Waals surface area contributed by atoms with E-state index in [0.717, 1.165) is 0 Å². The largest absolute Gasteiger partial charge is 0.462 e. The van der Waals surface area contributed by atoms with E-state index in [0.29, 0.717) is 31.3 Å². The lowest BCUT2D eigenvalue weighted by atomic mass is 9.51. The normalized spacial score (nSPS) is 44.6. The van der Waals surface area contributed by atoms with Crippen LogP contribution in [0.1, 0.15) is 59.8 Å². The predicted molar refractivity (Wildman–Crippen MR) is 99.3 cm³/mol. The molecule has 2 bridgehead atoms. The van der Waals surface area contributed by atoms with Gasteiger partial charge in [-0.05, 0) is 30.8 Å². The second kappa shape index (κ2) is 5.85. The summed E-state index contributed by atoms with van der Waals surface area (Å²) < 4.78 is 11.2. The number of carbonyl (C=O) groups excluding carboxylic acids is 4. The molecule has 0 spiro atoms. The number of Topliss-reactive ketones (excluding diaryl/α,β-unsaturated/α-hetero) is 3. The topological polar surface area (TPSA) is 90.0 Å². The molecular formula is C22H28O6. The Morgan fingerprint density at radius 3 is 2.46 bits per heavy atom. The van der Waals surface area contributed by atoms with Crippen molar-refractivity contribution < 1.29 is 28.7 Å². The highest BCUT2D eigenvalue weighted by atomic mass is 16.6. The summed E-state index contributed by atoms with van der Waals surface area (Å²) in [7, 11) is 0. The fourth-order valence-corrected chi connectivity index (χ4v) is 6.15. The van der Waals surface area contributed by atoms with Gasteiger partial charge in [0.1, 0.15) is 18.0 Å². The molecule has 0 aromatic carbocycles. The van der Waals surface area contributed by atoms with Gasteiger partial charge in [0, 0.05) is 36.5 Å². The molecule has 0 radical (unpaired) electrons. The maximum Gasteiger partial charge on any atom is 0.302 e. The smallest absolute Gasteiger partial charge is 0.302 e. The molecule has 4 fully saturated rings. The molecule has 28 heavy (non-hydrogen) atoms. The molecule has 4 aliphatic rings. The zero-order valence-electron chi connectivity index (χ0n) is 17.0. The Bertz CT molecular complexity index is 810. The molecule has 0 unspecified atom stereocenters. The molecule has 0 aromatic rings. The molecule has 4 rings (SSSR count). The number of epoxide rings is 1. The third-order valence-electron chi connectivity index (χ3n) is 7.95. The van der Waals surface area contributed by atoms with Gasteiger partial charge in [0.2, 0.25) is 11.4 Å². The summed E-state index contributed by atoms with van der Waals surface area (Å²) in [4.78, 5) is 51.0. The van der Waals surface area contributed by atoms with Crippen LogP contribution in [0.2, 0.25) is 0 Å². The highest BCUT2D eigenvalue weighted by molar-refractivity contribution is 6.23. The van der Waals surface area contributed by atoms with E-state index in [1.165, 1.54) is 6.92 Å². The van der Waals surface area contributed by atoms with Crippen LogP contribution in [0, 0.1) is 22.7 Å². The van der Waals surface area contributed by atoms with Gasteiger partial charge in [-0.1, -0.05) is 27.4 Å². The standard InChI is InChI=1S/C22H28O6/c1-11-13-6-7-15(24)21(5)9-8-17(27-12(2)23)20(3,4)14(21)10-16(25)22(18(11)26)19(13)28-22/h13-14,17,19H,1,6-10H2,2-5H3/t13-,14+,17-,19-,21-,22+/m0/s1. The van der Waals surface area contributed by atoms with Gasteiger partial charge in [0.05, 0.1) is 0 Å². The van der Waals surface area contributed by atoms with Gasteiger partial charge in [0.15, 0.2) is 5.78 Å². The lowest BCUT2D eigenvalue weighted by Crippen LogP contribution is -2.55. The van der Waals surface area contributed by atoms with E-state index < -0.39 is 22.5 Å². The van der Waals surface area contributed by atoms with Crippen molar-refractivity contribution in [3.05, 3.63) is 12.2 Å². The fraction of sp³-hybridized carbons (Fsp3) is 0.727. The first-order valence-electron chi connectivity index (χ1n) is 10.1. The minimum atomic E-state index is -1.38. The quantitative estimate of drug-likeness (QED) is 0.297. The Hall–Kier alpha value is -1.82. The average molecular weight is 388 g/mol. The Morgan fingerprint density at radius 2 is 1.82 bits per heavy atom. The molecule has 1 heterocycles. The van der Waals surface area contributed by atoms with Crippen LogP contribution in [0.3, 0.4) is 0 Å². The number of hydrogen-bond acceptors (Lipinski definition) is 6. The molecule has 6 heteroatoms. The molecule has 0 N–H and O–H groups in total. The number of carbonyl (C=O) groups is 4. The van der Waals surface area contributed by atoms with Gasteiger partial charge in [0.25, 0.3) is 0 Å². The lowest BCUT2D eigenvalue weighted by Gasteiger charge is -2.53. The van der Waals surface area contributed by atoms with Crippen molar-refractivity contribution in [2.24, 2.45) is 22.7 Å². The van der Waals surface area contributed by atoms with Crippen molar-refractivity contribution in [2.45, 2.75) is 77.6 Å². The number of rotatable bonds is 1. The van der Waals surface area contributed by atoms with Crippen molar-refractivity contribution in [3.8, 4) is 0 Å². The molecule has 6 atom stereocenters. The fourth-order valence-electron chi connectivity index (χ4n) is 6.15. The summed E-state index contributed by atoms with van der Waals surface area (Å²) in [6.45, 7) is 11.1. The molecule has 152 valence electrons. The second-order valence-corrected chi connectivity index (χ2v) is 9.75. The van der Waals surface area contributed by atoms with Gasteiger partial charge in [-0.2, -0.15) is 0 Å². The van der Waals surface area contributed by atoms with Crippen LogP contribution < -0.4 is 0 Å². The summed E-state index contributed by atoms with van der Waals surface area (Å²) in [5, 5.41) is 0. The SMILES string of the molecule is C=C1C(=O)[C@@]23O[C@H]2[C@H]1CCC(=O)[C@@]1(C)CC[C@H](OC(C)=O)C(C)(C)[C@H]1CC3=O. The van der Waals surface area contributed by atoms with Gasteiger partial charge in [-0.25, -0.2) is 0 Å². The first-order chi connectivity index (χ1) is 13.0. The third-order valence-corrected chi connectivity index (χ3v) is 7.95. The minimum Gasteiger partial charge on any atom is -0.462 e. The van der Waals surface area contributed by atoms with E-state index in [2.05, 4.69) is 6.58 Å². The summed E-state index contributed by atoms with van der Waals surface area (Å²) in [5.74, 6) is -1.41.